The average Bonchev–Trinajstić information content (AvgIpc) is 2.68. The maximum absolute atomic E-state index is 12.1. The fourth-order valence-corrected chi connectivity index (χ4v) is 2.41. The van der Waals surface area contributed by atoms with Crippen LogP contribution < -0.4 is 5.32 Å². The Morgan fingerprint density at radius 2 is 2.09 bits per heavy atom. The van der Waals surface area contributed by atoms with Gasteiger partial charge in [-0.3, -0.25) is 19.6 Å². The van der Waals surface area contributed by atoms with Crippen molar-refractivity contribution in [2.75, 3.05) is 5.32 Å². The van der Waals surface area contributed by atoms with Gasteiger partial charge in [0.1, 0.15) is 17.9 Å². The largest absolute Gasteiger partial charge is 0.324 e. The van der Waals surface area contributed by atoms with Crippen molar-refractivity contribution >= 4 is 33.2 Å². The molecule has 1 aromatic heterocycles. The van der Waals surface area contributed by atoms with Gasteiger partial charge in [0.15, 0.2) is 0 Å². The van der Waals surface area contributed by atoms with E-state index in [9.17, 15) is 14.9 Å². The topological polar surface area (TPSA) is 90.1 Å². The number of benzene rings is 1. The monoisotopic (exact) mass is 366 g/mol. The molecule has 0 atom stereocenters. The molecule has 1 aromatic carbocycles. The minimum atomic E-state index is -0.482. The second-order valence-corrected chi connectivity index (χ2v) is 5.80. The summed E-state index contributed by atoms with van der Waals surface area (Å²) in [6.07, 6.45) is 0. The number of anilines is 1. The molecule has 0 aliphatic carbocycles. The quantitative estimate of drug-likeness (QED) is 0.664. The molecule has 0 fully saturated rings. The van der Waals surface area contributed by atoms with Crippen LogP contribution in [0.3, 0.4) is 0 Å². The zero-order valence-corrected chi connectivity index (χ0v) is 14.0. The lowest BCUT2D eigenvalue weighted by Crippen LogP contribution is -2.20. The molecule has 2 rings (SSSR count). The summed E-state index contributed by atoms with van der Waals surface area (Å²) in [5.41, 5.74) is 2.29. The van der Waals surface area contributed by atoms with E-state index in [0.717, 1.165) is 10.0 Å². The molecule has 116 valence electrons. The molecule has 0 saturated carbocycles. The summed E-state index contributed by atoms with van der Waals surface area (Å²) >= 11 is 3.39. The van der Waals surface area contributed by atoms with Crippen molar-refractivity contribution in [3.63, 3.8) is 0 Å². The maximum atomic E-state index is 12.1. The first-order valence-electron chi connectivity index (χ1n) is 6.54. The van der Waals surface area contributed by atoms with Crippen molar-refractivity contribution in [1.82, 2.24) is 9.78 Å². The van der Waals surface area contributed by atoms with Crippen molar-refractivity contribution in [1.29, 1.82) is 0 Å². The van der Waals surface area contributed by atoms with Gasteiger partial charge in [0.05, 0.1) is 4.92 Å². The Labute approximate surface area is 135 Å². The number of hydrogen-bond acceptors (Lipinski definition) is 4. The highest BCUT2D eigenvalue weighted by atomic mass is 79.9. The van der Waals surface area contributed by atoms with E-state index in [1.807, 2.05) is 19.1 Å². The zero-order valence-electron chi connectivity index (χ0n) is 12.4. The molecule has 0 bridgehead atoms. The first-order chi connectivity index (χ1) is 10.3. The van der Waals surface area contributed by atoms with Crippen LogP contribution >= 0.6 is 15.9 Å². The van der Waals surface area contributed by atoms with Crippen molar-refractivity contribution in [3.8, 4) is 0 Å². The second-order valence-electron chi connectivity index (χ2n) is 4.95. The lowest BCUT2D eigenvalue weighted by Gasteiger charge is -2.08. The summed E-state index contributed by atoms with van der Waals surface area (Å²) in [5.74, 6) is -0.290. The van der Waals surface area contributed by atoms with Gasteiger partial charge in [-0.05, 0) is 44.5 Å². The minimum absolute atomic E-state index is 0.0488. The number of halogens is 1. The molecule has 2 aromatic rings. The van der Waals surface area contributed by atoms with Crippen molar-refractivity contribution in [2.24, 2.45) is 0 Å². The Morgan fingerprint density at radius 1 is 1.41 bits per heavy atom. The van der Waals surface area contributed by atoms with Crippen molar-refractivity contribution in [2.45, 2.75) is 27.3 Å². The van der Waals surface area contributed by atoms with Gasteiger partial charge >= 0.3 is 5.69 Å². The number of hydrogen-bond donors (Lipinski definition) is 1. The summed E-state index contributed by atoms with van der Waals surface area (Å²) in [5, 5.41) is 17.8. The van der Waals surface area contributed by atoms with Gasteiger partial charge in [-0.1, -0.05) is 15.9 Å². The van der Waals surface area contributed by atoms with Crippen LogP contribution in [0.25, 0.3) is 0 Å². The third-order valence-electron chi connectivity index (χ3n) is 3.26. The molecule has 0 aliphatic heterocycles. The van der Waals surface area contributed by atoms with E-state index in [0.29, 0.717) is 17.1 Å². The molecular weight excluding hydrogens is 352 g/mol. The van der Waals surface area contributed by atoms with Crippen LogP contribution in [-0.4, -0.2) is 20.6 Å². The van der Waals surface area contributed by atoms with E-state index in [4.69, 9.17) is 0 Å². The van der Waals surface area contributed by atoms with Gasteiger partial charge in [0, 0.05) is 10.2 Å². The molecule has 0 radical (unpaired) electrons. The molecule has 1 amide bonds. The summed E-state index contributed by atoms with van der Waals surface area (Å²) < 4.78 is 2.30. The second kappa shape index (κ2) is 6.27. The number of amides is 1. The molecule has 0 aliphatic rings. The molecule has 1 heterocycles. The van der Waals surface area contributed by atoms with E-state index in [-0.39, 0.29) is 18.1 Å². The highest BCUT2D eigenvalue weighted by molar-refractivity contribution is 9.10. The van der Waals surface area contributed by atoms with Gasteiger partial charge in [-0.15, -0.1) is 0 Å². The number of nitrogens with one attached hydrogen (secondary N) is 1. The van der Waals surface area contributed by atoms with Crippen LogP contribution in [0.15, 0.2) is 22.7 Å². The summed E-state index contributed by atoms with van der Waals surface area (Å²) in [6.45, 7) is 4.98. The van der Waals surface area contributed by atoms with Crippen LogP contribution in [0, 0.1) is 30.9 Å². The summed E-state index contributed by atoms with van der Waals surface area (Å²) in [7, 11) is 0. The van der Waals surface area contributed by atoms with E-state index < -0.39 is 4.92 Å². The molecule has 1 N–H and O–H groups in total. The lowest BCUT2D eigenvalue weighted by atomic mass is 10.2. The predicted octanol–water partition coefficient (Wildman–Crippen LogP) is 3.12. The van der Waals surface area contributed by atoms with Crippen LogP contribution in [0.4, 0.5) is 11.4 Å². The summed E-state index contributed by atoms with van der Waals surface area (Å²) in [4.78, 5) is 22.5. The van der Waals surface area contributed by atoms with Crippen molar-refractivity contribution in [3.05, 3.63) is 49.7 Å². The number of carbonyl (C=O) groups is 1. The first kappa shape index (κ1) is 16.2. The smallest absolute Gasteiger partial charge is 0.312 e. The van der Waals surface area contributed by atoms with Crippen LogP contribution in [0.1, 0.15) is 17.0 Å². The van der Waals surface area contributed by atoms with E-state index in [2.05, 4.69) is 26.3 Å². The van der Waals surface area contributed by atoms with Gasteiger partial charge < -0.3 is 5.32 Å². The van der Waals surface area contributed by atoms with E-state index >= 15 is 0 Å². The number of aromatic nitrogens is 2. The highest BCUT2D eigenvalue weighted by Gasteiger charge is 2.22. The van der Waals surface area contributed by atoms with Gasteiger partial charge in [-0.25, -0.2) is 0 Å². The summed E-state index contributed by atoms with van der Waals surface area (Å²) in [6, 6.07) is 5.46. The third-order valence-corrected chi connectivity index (χ3v) is 4.15. The first-order valence-corrected chi connectivity index (χ1v) is 7.33. The van der Waals surface area contributed by atoms with Gasteiger partial charge in [0.2, 0.25) is 5.91 Å². The van der Waals surface area contributed by atoms with Gasteiger partial charge in [-0.2, -0.15) is 5.10 Å². The van der Waals surface area contributed by atoms with Crippen molar-refractivity contribution < 1.29 is 9.72 Å². The Morgan fingerprint density at radius 3 is 2.64 bits per heavy atom. The highest BCUT2D eigenvalue weighted by Crippen LogP contribution is 2.22. The molecule has 7 nitrogen and oxygen atoms in total. The molecule has 8 heteroatoms. The minimum Gasteiger partial charge on any atom is -0.324 e. The molecule has 0 saturated heterocycles. The molecule has 0 unspecified atom stereocenters. The fourth-order valence-electron chi connectivity index (χ4n) is 2.16. The van der Waals surface area contributed by atoms with E-state index in [1.165, 1.54) is 4.68 Å². The fraction of sp³-hybridized carbons (Fsp3) is 0.286. The Bertz CT molecular complexity index is 755. The third kappa shape index (κ3) is 3.33. The lowest BCUT2D eigenvalue weighted by molar-refractivity contribution is -0.386. The number of aryl methyl sites for hydroxylation is 2. The predicted molar refractivity (Wildman–Crippen MR) is 85.9 cm³/mol. The van der Waals surface area contributed by atoms with E-state index in [1.54, 1.807) is 19.9 Å². The van der Waals surface area contributed by atoms with Crippen LogP contribution in [-0.2, 0) is 11.3 Å². The number of nitro groups is 1. The molecule has 22 heavy (non-hydrogen) atoms. The number of rotatable bonds is 4. The average molecular weight is 367 g/mol. The molecular formula is C14H15BrN4O3. The molecule has 0 spiro atoms. The maximum Gasteiger partial charge on any atom is 0.312 e. The Hall–Kier alpha value is -2.22. The Balaban J connectivity index is 2.14. The SMILES string of the molecule is Cc1cc(NC(=O)Cn2nc(C)c([N+](=O)[O-])c2C)ccc1Br. The van der Waals surface area contributed by atoms with Gasteiger partial charge in [0.25, 0.3) is 0 Å². The standard InChI is InChI=1S/C14H15BrN4O3/c1-8-6-11(4-5-12(8)15)16-13(20)7-18-10(3)14(19(21)22)9(2)17-18/h4-6H,7H2,1-3H3,(H,16,20). The zero-order chi connectivity index (χ0) is 16.4. The number of carbonyl (C=O) groups excluding carboxylic acids is 1. The normalized spacial score (nSPS) is 10.5. The van der Waals surface area contributed by atoms with Crippen LogP contribution in [0.2, 0.25) is 0 Å². The van der Waals surface area contributed by atoms with Crippen LogP contribution in [0.5, 0.6) is 0 Å². The Kier molecular flexibility index (Phi) is 4.60. The number of nitrogens with zero attached hydrogens (tertiary/aromatic N) is 3.